The molecule has 1 rings (SSSR count). The Morgan fingerprint density at radius 1 is 1.62 bits per heavy atom. The van der Waals surface area contributed by atoms with Crippen LogP contribution in [0.3, 0.4) is 0 Å². The van der Waals surface area contributed by atoms with Crippen LogP contribution in [0.4, 0.5) is 0 Å². The Hall–Kier alpha value is -0.610. The highest BCUT2D eigenvalue weighted by molar-refractivity contribution is 5.81. The van der Waals surface area contributed by atoms with E-state index in [0.717, 1.165) is 31.7 Å². The van der Waals surface area contributed by atoms with Gasteiger partial charge in [-0.1, -0.05) is 0 Å². The summed E-state index contributed by atoms with van der Waals surface area (Å²) < 4.78 is 5.47. The van der Waals surface area contributed by atoms with Crippen molar-refractivity contribution in [3.8, 4) is 0 Å². The molecule has 1 aliphatic carbocycles. The summed E-state index contributed by atoms with van der Waals surface area (Å²) in [6.45, 7) is 2.86. The fraction of sp³-hybridized carbons (Fsp3) is 0.889. The molecule has 0 aromatic rings. The van der Waals surface area contributed by atoms with E-state index in [0.29, 0.717) is 12.0 Å². The lowest BCUT2D eigenvalue weighted by molar-refractivity contribution is -0.0223. The summed E-state index contributed by atoms with van der Waals surface area (Å²) in [5.74, 6) is 6.88. The van der Waals surface area contributed by atoms with Gasteiger partial charge in [0.2, 0.25) is 0 Å². The molecule has 1 aliphatic rings. The van der Waals surface area contributed by atoms with Crippen molar-refractivity contribution in [3.63, 3.8) is 0 Å². The van der Waals surface area contributed by atoms with Crippen molar-refractivity contribution in [2.45, 2.75) is 32.3 Å². The molecule has 0 aromatic heterocycles. The van der Waals surface area contributed by atoms with Crippen molar-refractivity contribution in [1.29, 1.82) is 0 Å². The molecule has 1 fully saturated rings. The molecule has 0 heterocycles. The SMILES string of the molecule is CCOC1CC(CC(=NC)NN)C1. The van der Waals surface area contributed by atoms with Gasteiger partial charge in [-0.2, -0.15) is 0 Å². The lowest BCUT2D eigenvalue weighted by Gasteiger charge is -2.34. The number of hydrazine groups is 1. The van der Waals surface area contributed by atoms with Gasteiger partial charge in [0.15, 0.2) is 0 Å². The third-order valence-corrected chi connectivity index (χ3v) is 2.51. The summed E-state index contributed by atoms with van der Waals surface area (Å²) in [4.78, 5) is 4.04. The first-order valence-electron chi connectivity index (χ1n) is 4.84. The Kier molecular flexibility index (Phi) is 4.18. The molecule has 0 spiro atoms. The number of nitrogens with two attached hydrogens (primary N) is 1. The minimum Gasteiger partial charge on any atom is -0.378 e. The number of amidine groups is 1. The standard InChI is InChI=1S/C9H19N3O/c1-3-13-8-4-7(5-8)6-9(11-2)12-10/h7-8H,3-6,10H2,1-2H3,(H,11,12). The molecule has 0 aliphatic heterocycles. The van der Waals surface area contributed by atoms with Gasteiger partial charge in [-0.3, -0.25) is 4.99 Å². The van der Waals surface area contributed by atoms with E-state index in [-0.39, 0.29) is 0 Å². The van der Waals surface area contributed by atoms with Crippen molar-refractivity contribution in [2.75, 3.05) is 13.7 Å². The van der Waals surface area contributed by atoms with E-state index < -0.39 is 0 Å². The summed E-state index contributed by atoms with van der Waals surface area (Å²) in [5.41, 5.74) is 2.61. The zero-order chi connectivity index (χ0) is 9.68. The summed E-state index contributed by atoms with van der Waals surface area (Å²) in [6, 6.07) is 0. The van der Waals surface area contributed by atoms with Crippen LogP contribution in [0.5, 0.6) is 0 Å². The maximum Gasteiger partial charge on any atom is 0.110 e. The third-order valence-electron chi connectivity index (χ3n) is 2.51. The molecule has 4 nitrogen and oxygen atoms in total. The van der Waals surface area contributed by atoms with Crippen LogP contribution >= 0.6 is 0 Å². The quantitative estimate of drug-likeness (QED) is 0.293. The number of rotatable bonds is 4. The molecule has 0 bridgehead atoms. The summed E-state index contributed by atoms with van der Waals surface area (Å²) in [6.07, 6.45) is 3.73. The molecule has 76 valence electrons. The van der Waals surface area contributed by atoms with Gasteiger partial charge in [-0.15, -0.1) is 0 Å². The Labute approximate surface area is 79.5 Å². The third kappa shape index (κ3) is 2.97. The second kappa shape index (κ2) is 5.19. The van der Waals surface area contributed by atoms with Crippen molar-refractivity contribution in [1.82, 2.24) is 5.43 Å². The summed E-state index contributed by atoms with van der Waals surface area (Å²) in [5, 5.41) is 0. The van der Waals surface area contributed by atoms with Crippen LogP contribution in [0, 0.1) is 5.92 Å². The topological polar surface area (TPSA) is 59.6 Å². The molecule has 4 heteroatoms. The molecule has 0 unspecified atom stereocenters. The fourth-order valence-corrected chi connectivity index (χ4v) is 1.70. The number of hydrogen-bond donors (Lipinski definition) is 2. The smallest absolute Gasteiger partial charge is 0.110 e. The van der Waals surface area contributed by atoms with Crippen molar-refractivity contribution in [3.05, 3.63) is 0 Å². The van der Waals surface area contributed by atoms with Crippen molar-refractivity contribution >= 4 is 5.84 Å². The number of aliphatic imine (C=N–C) groups is 1. The van der Waals surface area contributed by atoms with E-state index in [1.165, 1.54) is 0 Å². The van der Waals surface area contributed by atoms with Crippen molar-refractivity contribution in [2.24, 2.45) is 16.8 Å². The largest absolute Gasteiger partial charge is 0.378 e. The lowest BCUT2D eigenvalue weighted by atomic mass is 9.80. The second-order valence-corrected chi connectivity index (χ2v) is 3.43. The molecule has 3 N–H and O–H groups in total. The molecule has 13 heavy (non-hydrogen) atoms. The van der Waals surface area contributed by atoms with E-state index in [9.17, 15) is 0 Å². The van der Waals surface area contributed by atoms with Crippen LogP contribution in [0.2, 0.25) is 0 Å². The maximum absolute atomic E-state index is 5.47. The predicted molar refractivity (Wildman–Crippen MR) is 53.4 cm³/mol. The minimum absolute atomic E-state index is 0.478. The second-order valence-electron chi connectivity index (χ2n) is 3.43. The lowest BCUT2D eigenvalue weighted by Crippen LogP contribution is -2.38. The number of hydrogen-bond acceptors (Lipinski definition) is 3. The average molecular weight is 185 g/mol. The molecule has 0 aromatic carbocycles. The number of nitrogens with one attached hydrogen (secondary N) is 1. The van der Waals surface area contributed by atoms with Crippen LogP contribution < -0.4 is 11.3 Å². The first kappa shape index (κ1) is 10.5. The van der Waals surface area contributed by atoms with Gasteiger partial charge < -0.3 is 10.2 Å². The molecule has 0 saturated heterocycles. The molecule has 1 saturated carbocycles. The van der Waals surface area contributed by atoms with Gasteiger partial charge in [0.25, 0.3) is 0 Å². The van der Waals surface area contributed by atoms with Crippen LogP contribution in [-0.4, -0.2) is 25.6 Å². The Morgan fingerprint density at radius 3 is 2.77 bits per heavy atom. The van der Waals surface area contributed by atoms with E-state index in [2.05, 4.69) is 10.4 Å². The molecule has 0 radical (unpaired) electrons. The van der Waals surface area contributed by atoms with Gasteiger partial charge in [-0.05, 0) is 25.7 Å². The van der Waals surface area contributed by atoms with Crippen molar-refractivity contribution < 1.29 is 4.74 Å². The predicted octanol–water partition coefficient (Wildman–Crippen LogP) is 0.683. The van der Waals surface area contributed by atoms with E-state index in [4.69, 9.17) is 10.6 Å². The highest BCUT2D eigenvalue weighted by atomic mass is 16.5. The van der Waals surface area contributed by atoms with E-state index >= 15 is 0 Å². The average Bonchev–Trinajstić information content (AvgIpc) is 2.09. The maximum atomic E-state index is 5.47. The van der Waals surface area contributed by atoms with Gasteiger partial charge >= 0.3 is 0 Å². The van der Waals surface area contributed by atoms with Crippen LogP contribution in [0.1, 0.15) is 26.2 Å². The van der Waals surface area contributed by atoms with E-state index in [1.807, 2.05) is 6.92 Å². The molecule has 0 atom stereocenters. The summed E-state index contributed by atoms with van der Waals surface area (Å²) in [7, 11) is 1.76. The number of nitrogens with zero attached hydrogens (tertiary/aromatic N) is 1. The molecule has 0 amide bonds. The normalized spacial score (nSPS) is 28.4. The Morgan fingerprint density at radius 2 is 2.31 bits per heavy atom. The first-order chi connectivity index (χ1) is 6.30. The molecular formula is C9H19N3O. The Bertz CT molecular complexity index is 176. The van der Waals surface area contributed by atoms with Gasteiger partial charge in [0.05, 0.1) is 6.10 Å². The van der Waals surface area contributed by atoms with E-state index in [1.54, 1.807) is 7.05 Å². The zero-order valence-corrected chi connectivity index (χ0v) is 8.42. The minimum atomic E-state index is 0.478. The van der Waals surface area contributed by atoms with Crippen LogP contribution in [-0.2, 0) is 4.74 Å². The van der Waals surface area contributed by atoms with Crippen LogP contribution in [0.15, 0.2) is 4.99 Å². The highest BCUT2D eigenvalue weighted by Crippen LogP contribution is 2.32. The van der Waals surface area contributed by atoms with Gasteiger partial charge in [-0.25, -0.2) is 5.84 Å². The summed E-state index contributed by atoms with van der Waals surface area (Å²) >= 11 is 0. The fourth-order valence-electron chi connectivity index (χ4n) is 1.70. The molecular weight excluding hydrogens is 166 g/mol. The first-order valence-corrected chi connectivity index (χ1v) is 4.84. The monoisotopic (exact) mass is 185 g/mol. The number of ether oxygens (including phenoxy) is 1. The van der Waals surface area contributed by atoms with Crippen LogP contribution in [0.25, 0.3) is 0 Å². The van der Waals surface area contributed by atoms with Gasteiger partial charge in [0.1, 0.15) is 5.84 Å². The van der Waals surface area contributed by atoms with Gasteiger partial charge in [0, 0.05) is 20.1 Å². The highest BCUT2D eigenvalue weighted by Gasteiger charge is 2.30. The Balaban J connectivity index is 2.14. The zero-order valence-electron chi connectivity index (χ0n) is 8.42.